The van der Waals surface area contributed by atoms with Gasteiger partial charge >= 0.3 is 0 Å². The lowest BCUT2D eigenvalue weighted by Gasteiger charge is -2.15. The number of hydrogen-bond donors (Lipinski definition) is 1. The molecular weight excluding hydrogens is 204 g/mol. The smallest absolute Gasteiger partial charge is 0.264 e. The van der Waals surface area contributed by atoms with Crippen molar-refractivity contribution in [3.8, 4) is 0 Å². The summed E-state index contributed by atoms with van der Waals surface area (Å²) in [7, 11) is 0. The van der Waals surface area contributed by atoms with Gasteiger partial charge in [0, 0.05) is 6.42 Å². The van der Waals surface area contributed by atoms with E-state index < -0.39 is 11.5 Å². The lowest BCUT2D eigenvalue weighted by molar-refractivity contribution is -0.138. The first-order valence-corrected chi connectivity index (χ1v) is 5.13. The minimum Gasteiger partial charge on any atom is -0.379 e. The first kappa shape index (κ1) is 10.7. The molecule has 0 fully saturated rings. The van der Waals surface area contributed by atoms with Crippen molar-refractivity contribution in [2.75, 3.05) is 0 Å². The second-order valence-corrected chi connectivity index (χ2v) is 4.27. The fraction of sp³-hybridized carbons (Fsp3) is 0.333. The van der Waals surface area contributed by atoms with E-state index in [0.29, 0.717) is 6.42 Å². The van der Waals surface area contributed by atoms with E-state index in [1.54, 1.807) is 6.92 Å². The molecule has 84 valence electrons. The molecule has 4 nitrogen and oxygen atoms in total. The van der Waals surface area contributed by atoms with Crippen LogP contribution in [-0.4, -0.2) is 17.2 Å². The van der Waals surface area contributed by atoms with Gasteiger partial charge in [-0.05, 0) is 19.4 Å². The maximum absolute atomic E-state index is 11.2. The molecule has 16 heavy (non-hydrogen) atoms. The highest BCUT2D eigenvalue weighted by Gasteiger charge is 2.40. The zero-order valence-electron chi connectivity index (χ0n) is 9.36. The number of oxime groups is 1. The molecule has 0 radical (unpaired) electrons. The molecule has 1 aromatic rings. The van der Waals surface area contributed by atoms with Gasteiger partial charge < -0.3 is 10.6 Å². The number of hydrogen-bond acceptors (Lipinski definition) is 3. The van der Waals surface area contributed by atoms with E-state index in [-0.39, 0.29) is 0 Å². The summed E-state index contributed by atoms with van der Waals surface area (Å²) in [6.07, 6.45) is 0.422. The highest BCUT2D eigenvalue weighted by atomic mass is 16.7. The highest BCUT2D eigenvalue weighted by molar-refractivity contribution is 6.05. The Balaban J connectivity index is 2.20. The van der Waals surface area contributed by atoms with Crippen molar-refractivity contribution in [3.05, 3.63) is 35.4 Å². The molecule has 0 saturated carbocycles. The lowest BCUT2D eigenvalue weighted by Crippen LogP contribution is -2.41. The number of nitrogens with zero attached hydrogens (tertiary/aromatic N) is 1. The summed E-state index contributed by atoms with van der Waals surface area (Å²) < 4.78 is 0. The van der Waals surface area contributed by atoms with Crippen LogP contribution in [0.15, 0.2) is 29.4 Å². The normalized spacial score (nSPS) is 23.8. The summed E-state index contributed by atoms with van der Waals surface area (Å²) >= 11 is 0. The number of rotatable bonds is 2. The van der Waals surface area contributed by atoms with Gasteiger partial charge in [-0.25, -0.2) is 0 Å². The number of aryl methyl sites for hydroxylation is 1. The Kier molecular flexibility index (Phi) is 2.42. The highest BCUT2D eigenvalue weighted by Crippen LogP contribution is 2.26. The molecule has 0 aliphatic carbocycles. The van der Waals surface area contributed by atoms with Gasteiger partial charge in [-0.3, -0.25) is 4.79 Å². The molecule has 2 rings (SSSR count). The van der Waals surface area contributed by atoms with Gasteiger partial charge in [-0.1, -0.05) is 35.0 Å². The summed E-state index contributed by atoms with van der Waals surface area (Å²) in [5, 5.41) is 3.93. The largest absolute Gasteiger partial charge is 0.379 e. The van der Waals surface area contributed by atoms with Crippen molar-refractivity contribution in [1.29, 1.82) is 0 Å². The van der Waals surface area contributed by atoms with E-state index in [1.165, 1.54) is 5.56 Å². The van der Waals surface area contributed by atoms with E-state index in [9.17, 15) is 4.79 Å². The molecule has 1 aromatic carbocycles. The van der Waals surface area contributed by atoms with Crippen LogP contribution in [0.5, 0.6) is 0 Å². The molecule has 1 unspecified atom stereocenters. The summed E-state index contributed by atoms with van der Waals surface area (Å²) in [5.41, 5.74) is 7.17. The molecular formula is C12H14N2O2. The minimum atomic E-state index is -1.000. The third-order valence-corrected chi connectivity index (χ3v) is 2.77. The van der Waals surface area contributed by atoms with Gasteiger partial charge in [0.2, 0.25) is 5.60 Å². The van der Waals surface area contributed by atoms with Crippen LogP contribution in [-0.2, 0) is 9.63 Å². The van der Waals surface area contributed by atoms with Crippen molar-refractivity contribution in [1.82, 2.24) is 0 Å². The Labute approximate surface area is 94.1 Å². The van der Waals surface area contributed by atoms with Gasteiger partial charge in [0.05, 0.1) is 5.71 Å². The van der Waals surface area contributed by atoms with E-state index >= 15 is 0 Å². The average Bonchev–Trinajstić information content (AvgIpc) is 2.63. The van der Waals surface area contributed by atoms with Crippen LogP contribution < -0.4 is 5.73 Å². The van der Waals surface area contributed by atoms with Crippen molar-refractivity contribution in [2.24, 2.45) is 10.9 Å². The lowest BCUT2D eigenvalue weighted by atomic mass is 9.95. The predicted octanol–water partition coefficient (Wildman–Crippen LogP) is 1.36. The van der Waals surface area contributed by atoms with Crippen molar-refractivity contribution >= 4 is 11.6 Å². The molecule has 1 aliphatic heterocycles. The van der Waals surface area contributed by atoms with E-state index in [0.717, 1.165) is 11.3 Å². The van der Waals surface area contributed by atoms with E-state index in [2.05, 4.69) is 5.16 Å². The molecule has 1 amide bonds. The standard InChI is InChI=1S/C12H14N2O2/c1-8-3-5-9(6-4-8)10-7-12(2,11(13)15)16-14-10/h3-6H,7H2,1-2H3,(H2,13,15). The van der Waals surface area contributed by atoms with Gasteiger partial charge in [0.15, 0.2) is 0 Å². The van der Waals surface area contributed by atoms with Crippen LogP contribution in [0.4, 0.5) is 0 Å². The summed E-state index contributed by atoms with van der Waals surface area (Å²) in [4.78, 5) is 16.3. The second kappa shape index (κ2) is 3.63. The van der Waals surface area contributed by atoms with Crippen LogP contribution in [0.1, 0.15) is 24.5 Å². The minimum absolute atomic E-state index is 0.422. The van der Waals surface area contributed by atoms with Crippen molar-refractivity contribution in [3.63, 3.8) is 0 Å². The fourth-order valence-corrected chi connectivity index (χ4v) is 1.57. The second-order valence-electron chi connectivity index (χ2n) is 4.27. The van der Waals surface area contributed by atoms with Gasteiger partial charge in [0.1, 0.15) is 0 Å². The zero-order chi connectivity index (χ0) is 11.8. The molecule has 1 aliphatic rings. The van der Waals surface area contributed by atoms with Crippen LogP contribution in [0, 0.1) is 6.92 Å². The van der Waals surface area contributed by atoms with Crippen LogP contribution >= 0.6 is 0 Å². The Morgan fingerprint density at radius 1 is 1.44 bits per heavy atom. The molecule has 0 spiro atoms. The zero-order valence-corrected chi connectivity index (χ0v) is 9.36. The maximum atomic E-state index is 11.2. The van der Waals surface area contributed by atoms with Crippen molar-refractivity contribution < 1.29 is 9.63 Å². The Bertz CT molecular complexity index is 451. The van der Waals surface area contributed by atoms with E-state index in [4.69, 9.17) is 10.6 Å². The number of nitrogens with two attached hydrogens (primary N) is 1. The summed E-state index contributed by atoms with van der Waals surface area (Å²) in [6, 6.07) is 7.92. The summed E-state index contributed by atoms with van der Waals surface area (Å²) in [6.45, 7) is 3.67. The quantitative estimate of drug-likeness (QED) is 0.814. The van der Waals surface area contributed by atoms with Crippen molar-refractivity contribution in [2.45, 2.75) is 25.9 Å². The summed E-state index contributed by atoms with van der Waals surface area (Å²) in [5.74, 6) is -0.488. The Hall–Kier alpha value is -1.84. The maximum Gasteiger partial charge on any atom is 0.264 e. The molecule has 1 heterocycles. The third-order valence-electron chi connectivity index (χ3n) is 2.77. The van der Waals surface area contributed by atoms with Crippen LogP contribution in [0.2, 0.25) is 0 Å². The average molecular weight is 218 g/mol. The number of carbonyl (C=O) groups is 1. The van der Waals surface area contributed by atoms with Gasteiger partial charge in [-0.2, -0.15) is 0 Å². The monoisotopic (exact) mass is 218 g/mol. The number of carbonyl (C=O) groups excluding carboxylic acids is 1. The van der Waals surface area contributed by atoms with E-state index in [1.807, 2.05) is 31.2 Å². The molecule has 4 heteroatoms. The van der Waals surface area contributed by atoms with Crippen LogP contribution in [0.25, 0.3) is 0 Å². The van der Waals surface area contributed by atoms with Gasteiger partial charge in [0.25, 0.3) is 5.91 Å². The molecule has 1 atom stereocenters. The number of benzene rings is 1. The number of primary amides is 1. The SMILES string of the molecule is Cc1ccc(C2=NOC(C)(C(N)=O)C2)cc1. The Morgan fingerprint density at radius 2 is 2.06 bits per heavy atom. The third kappa shape index (κ3) is 1.78. The molecule has 0 bridgehead atoms. The van der Waals surface area contributed by atoms with Gasteiger partial charge in [-0.15, -0.1) is 0 Å². The molecule has 2 N–H and O–H groups in total. The first-order valence-electron chi connectivity index (χ1n) is 5.13. The predicted molar refractivity (Wildman–Crippen MR) is 61.0 cm³/mol. The first-order chi connectivity index (χ1) is 7.51. The van der Waals surface area contributed by atoms with Crippen LogP contribution in [0.3, 0.4) is 0 Å². The fourth-order valence-electron chi connectivity index (χ4n) is 1.57. The Morgan fingerprint density at radius 3 is 2.56 bits per heavy atom. The molecule has 0 saturated heterocycles. The topological polar surface area (TPSA) is 64.7 Å². The molecule has 0 aromatic heterocycles. The number of amides is 1.